The zero-order valence-electron chi connectivity index (χ0n) is 12.8. The van der Waals surface area contributed by atoms with Crippen LogP contribution in [0.1, 0.15) is 50.0 Å². The van der Waals surface area contributed by atoms with Gasteiger partial charge in [0.05, 0.1) is 6.10 Å². The molecule has 20 heavy (non-hydrogen) atoms. The molecular weight excluding hydrogens is 246 g/mol. The minimum atomic E-state index is -0.178. The van der Waals surface area contributed by atoms with Crippen LogP contribution in [0.4, 0.5) is 0 Å². The van der Waals surface area contributed by atoms with Gasteiger partial charge in [-0.25, -0.2) is 0 Å². The summed E-state index contributed by atoms with van der Waals surface area (Å²) in [7, 11) is 4.29. The number of hydrogen-bond acceptors (Lipinski definition) is 2. The maximum atomic E-state index is 11.0. The average Bonchev–Trinajstić information content (AvgIpc) is 3.28. The first kappa shape index (κ1) is 14.1. The number of aliphatic hydroxyl groups is 1. The lowest BCUT2D eigenvalue weighted by Crippen LogP contribution is -2.55. The first-order valence-corrected chi connectivity index (χ1v) is 8.05. The largest absolute Gasteiger partial charge is 0.391 e. The lowest BCUT2D eigenvalue weighted by molar-refractivity contribution is -0.0440. The van der Waals surface area contributed by atoms with E-state index in [1.54, 1.807) is 0 Å². The highest BCUT2D eigenvalue weighted by atomic mass is 16.3. The summed E-state index contributed by atoms with van der Waals surface area (Å²) in [5.41, 5.74) is 1.42. The third-order valence-corrected chi connectivity index (χ3v) is 5.63. The minimum Gasteiger partial charge on any atom is -0.391 e. The molecule has 2 nitrogen and oxygen atoms in total. The molecule has 2 fully saturated rings. The number of hydrogen-bond donors (Lipinski definition) is 1. The Morgan fingerprint density at radius 3 is 2.35 bits per heavy atom. The Labute approximate surface area is 122 Å². The molecular formula is C18H27NO. The van der Waals surface area contributed by atoms with Crippen molar-refractivity contribution >= 4 is 0 Å². The molecule has 2 heteroatoms. The van der Waals surface area contributed by atoms with Crippen molar-refractivity contribution in [3.63, 3.8) is 0 Å². The molecule has 0 bridgehead atoms. The van der Waals surface area contributed by atoms with E-state index in [4.69, 9.17) is 0 Å². The average molecular weight is 273 g/mol. The molecule has 2 saturated carbocycles. The molecule has 1 N–H and O–H groups in total. The third kappa shape index (κ3) is 2.40. The Balaban J connectivity index is 1.74. The zero-order chi connectivity index (χ0) is 14.2. The van der Waals surface area contributed by atoms with Crippen molar-refractivity contribution in [2.24, 2.45) is 5.92 Å². The van der Waals surface area contributed by atoms with Crippen molar-refractivity contribution in [3.8, 4) is 0 Å². The van der Waals surface area contributed by atoms with Crippen LogP contribution in [0.25, 0.3) is 0 Å². The quantitative estimate of drug-likeness (QED) is 0.908. The van der Waals surface area contributed by atoms with Gasteiger partial charge in [-0.2, -0.15) is 0 Å². The maximum Gasteiger partial charge on any atom is 0.0757 e. The molecule has 1 aromatic carbocycles. The molecule has 3 rings (SSSR count). The van der Waals surface area contributed by atoms with Crippen LogP contribution in [0, 0.1) is 5.92 Å². The maximum absolute atomic E-state index is 11.0. The number of rotatable bonds is 4. The van der Waals surface area contributed by atoms with Gasteiger partial charge < -0.3 is 10.0 Å². The topological polar surface area (TPSA) is 23.5 Å². The highest BCUT2D eigenvalue weighted by Gasteiger charge is 2.52. The molecule has 0 radical (unpaired) electrons. The van der Waals surface area contributed by atoms with Crippen molar-refractivity contribution in [2.45, 2.75) is 56.1 Å². The van der Waals surface area contributed by atoms with E-state index in [0.717, 1.165) is 19.3 Å². The van der Waals surface area contributed by atoms with E-state index in [9.17, 15) is 5.11 Å². The van der Waals surface area contributed by atoms with Crippen LogP contribution >= 0.6 is 0 Å². The number of nitrogens with zero attached hydrogens (tertiary/aromatic N) is 1. The van der Waals surface area contributed by atoms with Gasteiger partial charge in [-0.1, -0.05) is 49.6 Å². The van der Waals surface area contributed by atoms with Crippen molar-refractivity contribution in [1.82, 2.24) is 4.90 Å². The SMILES string of the molecule is CN(C)C1(C(O)C2CC2c2ccccc2)CCCCC1. The van der Waals surface area contributed by atoms with Gasteiger partial charge in [-0.05, 0) is 50.8 Å². The standard InChI is InChI=1S/C18H27NO/c1-19(2)18(11-7-4-8-12-18)17(20)16-13-15(16)14-9-5-3-6-10-14/h3,5-6,9-10,15-17,20H,4,7-8,11-13H2,1-2H3. The normalized spacial score (nSPS) is 30.2. The summed E-state index contributed by atoms with van der Waals surface area (Å²) >= 11 is 0. The molecule has 0 spiro atoms. The Kier molecular flexibility index (Phi) is 3.87. The minimum absolute atomic E-state index is 0.0203. The first-order valence-electron chi connectivity index (χ1n) is 8.05. The zero-order valence-corrected chi connectivity index (χ0v) is 12.8. The molecule has 3 atom stereocenters. The van der Waals surface area contributed by atoms with E-state index in [1.165, 1.54) is 24.8 Å². The van der Waals surface area contributed by atoms with Crippen molar-refractivity contribution < 1.29 is 5.11 Å². The molecule has 3 unspecified atom stereocenters. The Hall–Kier alpha value is -0.860. The second-order valence-corrected chi connectivity index (χ2v) is 6.92. The predicted octanol–water partition coefficient (Wildman–Crippen LogP) is 3.42. The van der Waals surface area contributed by atoms with E-state index in [-0.39, 0.29) is 11.6 Å². The lowest BCUT2D eigenvalue weighted by Gasteiger charge is -2.46. The Morgan fingerprint density at radius 1 is 1.10 bits per heavy atom. The number of benzene rings is 1. The van der Waals surface area contributed by atoms with Gasteiger partial charge in [-0.15, -0.1) is 0 Å². The van der Waals surface area contributed by atoms with Gasteiger partial charge >= 0.3 is 0 Å². The van der Waals surface area contributed by atoms with Crippen molar-refractivity contribution in [2.75, 3.05) is 14.1 Å². The van der Waals surface area contributed by atoms with Crippen LogP contribution in [0.15, 0.2) is 30.3 Å². The van der Waals surface area contributed by atoms with Gasteiger partial charge in [0.2, 0.25) is 0 Å². The van der Waals surface area contributed by atoms with Crippen molar-refractivity contribution in [1.29, 1.82) is 0 Å². The second kappa shape index (κ2) is 5.50. The molecule has 0 aromatic heterocycles. The summed E-state index contributed by atoms with van der Waals surface area (Å²) in [6.45, 7) is 0. The van der Waals surface area contributed by atoms with Gasteiger partial charge in [-0.3, -0.25) is 0 Å². The van der Waals surface area contributed by atoms with Gasteiger partial charge in [0.25, 0.3) is 0 Å². The van der Waals surface area contributed by atoms with Crippen molar-refractivity contribution in [3.05, 3.63) is 35.9 Å². The van der Waals surface area contributed by atoms with E-state index in [1.807, 2.05) is 0 Å². The number of aliphatic hydroxyl groups excluding tert-OH is 1. The van der Waals surface area contributed by atoms with Crippen LogP contribution in [-0.2, 0) is 0 Å². The predicted molar refractivity (Wildman–Crippen MR) is 82.8 cm³/mol. The highest BCUT2D eigenvalue weighted by Crippen LogP contribution is 2.54. The lowest BCUT2D eigenvalue weighted by atomic mass is 9.74. The van der Waals surface area contributed by atoms with E-state index in [0.29, 0.717) is 11.8 Å². The molecule has 0 saturated heterocycles. The smallest absolute Gasteiger partial charge is 0.0757 e. The fraction of sp³-hybridized carbons (Fsp3) is 0.667. The summed E-state index contributed by atoms with van der Waals surface area (Å²) in [6.07, 6.45) is 7.13. The summed E-state index contributed by atoms with van der Waals surface area (Å²) in [5, 5.41) is 11.0. The van der Waals surface area contributed by atoms with Crippen LogP contribution in [-0.4, -0.2) is 35.7 Å². The molecule has 0 amide bonds. The first-order chi connectivity index (χ1) is 9.65. The number of likely N-dealkylation sites (N-methyl/N-ethyl adjacent to an activating group) is 1. The fourth-order valence-corrected chi connectivity index (χ4v) is 4.22. The van der Waals surface area contributed by atoms with Gasteiger partial charge in [0.15, 0.2) is 0 Å². The van der Waals surface area contributed by atoms with E-state index in [2.05, 4.69) is 49.3 Å². The molecule has 0 heterocycles. The summed E-state index contributed by atoms with van der Waals surface area (Å²) in [6, 6.07) is 10.7. The fourth-order valence-electron chi connectivity index (χ4n) is 4.22. The monoisotopic (exact) mass is 273 g/mol. The molecule has 2 aliphatic rings. The van der Waals surface area contributed by atoms with Crippen LogP contribution < -0.4 is 0 Å². The molecule has 0 aliphatic heterocycles. The Bertz CT molecular complexity index is 436. The third-order valence-electron chi connectivity index (χ3n) is 5.63. The summed E-state index contributed by atoms with van der Waals surface area (Å²) in [5.74, 6) is 1.03. The van der Waals surface area contributed by atoms with E-state index >= 15 is 0 Å². The molecule has 2 aliphatic carbocycles. The van der Waals surface area contributed by atoms with Crippen LogP contribution in [0.5, 0.6) is 0 Å². The summed E-state index contributed by atoms with van der Waals surface area (Å²) < 4.78 is 0. The van der Waals surface area contributed by atoms with Gasteiger partial charge in [0.1, 0.15) is 0 Å². The molecule has 1 aromatic rings. The molecule has 110 valence electrons. The highest BCUT2D eigenvalue weighted by molar-refractivity contribution is 5.27. The van der Waals surface area contributed by atoms with E-state index < -0.39 is 0 Å². The summed E-state index contributed by atoms with van der Waals surface area (Å²) in [4.78, 5) is 2.30. The van der Waals surface area contributed by atoms with Crippen LogP contribution in [0.3, 0.4) is 0 Å². The van der Waals surface area contributed by atoms with Gasteiger partial charge in [0, 0.05) is 5.54 Å². The Morgan fingerprint density at radius 2 is 1.75 bits per heavy atom. The second-order valence-electron chi connectivity index (χ2n) is 6.92. The van der Waals surface area contributed by atoms with Crippen LogP contribution in [0.2, 0.25) is 0 Å².